The van der Waals surface area contributed by atoms with Gasteiger partial charge in [0.05, 0.1) is 22.7 Å². The zero-order valence-electron chi connectivity index (χ0n) is 12.9. The molecule has 0 amide bonds. The normalized spacial score (nSPS) is 10.9. The van der Waals surface area contributed by atoms with Crippen LogP contribution in [0.5, 0.6) is 5.75 Å². The number of aromatic nitrogens is 3. The third-order valence-corrected chi connectivity index (χ3v) is 3.51. The number of hydrogen-bond acceptors (Lipinski definition) is 5. The Morgan fingerprint density at radius 2 is 2.13 bits per heavy atom. The average Bonchev–Trinajstić information content (AvgIpc) is 3.03. The number of hydrogen-bond donors (Lipinski definition) is 0. The molecule has 0 fully saturated rings. The maximum atomic E-state index is 11.0. The van der Waals surface area contributed by atoms with E-state index < -0.39 is 4.92 Å². The Morgan fingerprint density at radius 1 is 1.30 bits per heavy atom. The van der Waals surface area contributed by atoms with Gasteiger partial charge in [0.15, 0.2) is 0 Å². The van der Waals surface area contributed by atoms with Crippen LogP contribution in [0.1, 0.15) is 19.5 Å². The number of nitro groups is 1. The lowest BCUT2D eigenvalue weighted by molar-refractivity contribution is -0.384. The summed E-state index contributed by atoms with van der Waals surface area (Å²) in [6.07, 6.45) is 4.45. The number of rotatable bonds is 5. The van der Waals surface area contributed by atoms with Crippen LogP contribution in [0.15, 0.2) is 36.8 Å². The van der Waals surface area contributed by atoms with Crippen molar-refractivity contribution in [3.8, 4) is 11.6 Å². The number of nitrogens with zero attached hydrogens (tertiary/aromatic N) is 4. The van der Waals surface area contributed by atoms with Crippen LogP contribution in [0.3, 0.4) is 0 Å². The van der Waals surface area contributed by atoms with Crippen molar-refractivity contribution in [1.82, 2.24) is 14.5 Å². The van der Waals surface area contributed by atoms with Crippen LogP contribution in [-0.2, 0) is 6.42 Å². The van der Waals surface area contributed by atoms with Gasteiger partial charge in [-0.15, -0.1) is 0 Å². The van der Waals surface area contributed by atoms with Crippen molar-refractivity contribution in [2.24, 2.45) is 0 Å². The third kappa shape index (κ3) is 2.85. The second-order valence-electron chi connectivity index (χ2n) is 5.00. The molecule has 118 valence electrons. The van der Waals surface area contributed by atoms with Crippen LogP contribution in [0.2, 0.25) is 0 Å². The number of benzene rings is 1. The topological polar surface area (TPSA) is 83.1 Å². The standard InChI is InChI=1S/C16H16N4O3/c1-3-11-9-19(10-17-11)16-8-15(23-4-2)13-7-12(20(21)22)5-6-14(13)18-16/h5-10H,3-4H2,1-2H3. The molecule has 0 atom stereocenters. The van der Waals surface area contributed by atoms with Crippen molar-refractivity contribution in [1.29, 1.82) is 0 Å². The van der Waals surface area contributed by atoms with Crippen LogP contribution in [0.25, 0.3) is 16.7 Å². The number of pyridine rings is 1. The molecule has 0 aliphatic heterocycles. The lowest BCUT2D eigenvalue weighted by Gasteiger charge is -2.10. The first kappa shape index (κ1) is 15.0. The molecule has 0 bridgehead atoms. The molecule has 0 saturated heterocycles. The van der Waals surface area contributed by atoms with Crippen molar-refractivity contribution >= 4 is 16.6 Å². The Hall–Kier alpha value is -2.96. The average molecular weight is 312 g/mol. The van der Waals surface area contributed by atoms with E-state index in [0.29, 0.717) is 29.1 Å². The highest BCUT2D eigenvalue weighted by molar-refractivity contribution is 5.88. The molecule has 0 aliphatic rings. The molecule has 2 aromatic heterocycles. The van der Waals surface area contributed by atoms with Gasteiger partial charge in [0.1, 0.15) is 17.9 Å². The van der Waals surface area contributed by atoms with E-state index in [1.165, 1.54) is 12.1 Å². The summed E-state index contributed by atoms with van der Waals surface area (Å²) in [5.74, 6) is 1.24. The minimum atomic E-state index is -0.424. The van der Waals surface area contributed by atoms with E-state index >= 15 is 0 Å². The van der Waals surface area contributed by atoms with Crippen molar-refractivity contribution < 1.29 is 9.66 Å². The number of imidazole rings is 1. The molecule has 7 nitrogen and oxygen atoms in total. The second-order valence-corrected chi connectivity index (χ2v) is 5.00. The fraction of sp³-hybridized carbons (Fsp3) is 0.250. The van der Waals surface area contributed by atoms with Crippen LogP contribution in [0.4, 0.5) is 5.69 Å². The van der Waals surface area contributed by atoms with Gasteiger partial charge < -0.3 is 4.74 Å². The summed E-state index contributed by atoms with van der Waals surface area (Å²) in [4.78, 5) is 19.4. The summed E-state index contributed by atoms with van der Waals surface area (Å²) < 4.78 is 7.47. The lowest BCUT2D eigenvalue weighted by atomic mass is 10.2. The van der Waals surface area contributed by atoms with Gasteiger partial charge >= 0.3 is 0 Å². The van der Waals surface area contributed by atoms with E-state index in [-0.39, 0.29) is 5.69 Å². The molecule has 0 N–H and O–H groups in total. The Balaban J connectivity index is 2.17. The smallest absolute Gasteiger partial charge is 0.270 e. The monoisotopic (exact) mass is 312 g/mol. The number of non-ortho nitro benzene ring substituents is 1. The van der Waals surface area contributed by atoms with E-state index in [0.717, 1.165) is 12.1 Å². The fourth-order valence-electron chi connectivity index (χ4n) is 2.36. The minimum Gasteiger partial charge on any atom is -0.493 e. The SMILES string of the molecule is CCOc1cc(-n2cnc(CC)c2)nc2ccc([N+](=O)[O-])cc12. The predicted octanol–water partition coefficient (Wildman–Crippen LogP) is 3.29. The molecule has 23 heavy (non-hydrogen) atoms. The predicted molar refractivity (Wildman–Crippen MR) is 86.1 cm³/mol. The Kier molecular flexibility index (Phi) is 3.92. The van der Waals surface area contributed by atoms with Gasteiger partial charge in [-0.1, -0.05) is 6.92 Å². The highest BCUT2D eigenvalue weighted by atomic mass is 16.6. The first-order chi connectivity index (χ1) is 11.1. The van der Waals surface area contributed by atoms with Gasteiger partial charge in [0.2, 0.25) is 0 Å². The first-order valence-electron chi connectivity index (χ1n) is 7.37. The van der Waals surface area contributed by atoms with E-state index in [1.807, 2.05) is 24.6 Å². The van der Waals surface area contributed by atoms with Gasteiger partial charge in [-0.05, 0) is 19.4 Å². The summed E-state index contributed by atoms with van der Waals surface area (Å²) >= 11 is 0. The maximum Gasteiger partial charge on any atom is 0.270 e. The van der Waals surface area contributed by atoms with Crippen LogP contribution in [0, 0.1) is 10.1 Å². The van der Waals surface area contributed by atoms with Crippen molar-refractivity contribution in [3.63, 3.8) is 0 Å². The number of fused-ring (bicyclic) bond motifs is 1. The number of nitro benzene ring substituents is 1. The van der Waals surface area contributed by atoms with Crippen molar-refractivity contribution in [2.75, 3.05) is 6.61 Å². The van der Waals surface area contributed by atoms with Gasteiger partial charge in [-0.3, -0.25) is 14.7 Å². The maximum absolute atomic E-state index is 11.0. The quantitative estimate of drug-likeness (QED) is 0.533. The largest absolute Gasteiger partial charge is 0.493 e. The molecule has 0 aliphatic carbocycles. The van der Waals surface area contributed by atoms with E-state index in [2.05, 4.69) is 9.97 Å². The van der Waals surface area contributed by atoms with Crippen LogP contribution in [-0.4, -0.2) is 26.1 Å². The molecule has 3 rings (SSSR count). The van der Waals surface area contributed by atoms with E-state index in [9.17, 15) is 10.1 Å². The number of ether oxygens (including phenoxy) is 1. The Labute approximate surface area is 132 Å². The second kappa shape index (κ2) is 6.04. The van der Waals surface area contributed by atoms with E-state index in [4.69, 9.17) is 4.74 Å². The van der Waals surface area contributed by atoms with Gasteiger partial charge in [-0.2, -0.15) is 0 Å². The molecular formula is C16H16N4O3. The van der Waals surface area contributed by atoms with Crippen molar-refractivity contribution in [2.45, 2.75) is 20.3 Å². The van der Waals surface area contributed by atoms with Crippen LogP contribution < -0.4 is 4.74 Å². The summed E-state index contributed by atoms with van der Waals surface area (Å²) in [7, 11) is 0. The fourth-order valence-corrected chi connectivity index (χ4v) is 2.36. The Bertz CT molecular complexity index is 873. The molecule has 0 radical (unpaired) electrons. The molecular weight excluding hydrogens is 296 g/mol. The minimum absolute atomic E-state index is 0.0175. The summed E-state index contributed by atoms with van der Waals surface area (Å²) in [5.41, 5.74) is 1.63. The molecule has 0 saturated carbocycles. The summed E-state index contributed by atoms with van der Waals surface area (Å²) in [6.45, 7) is 4.37. The van der Waals surface area contributed by atoms with Crippen LogP contribution >= 0.6 is 0 Å². The third-order valence-electron chi connectivity index (χ3n) is 3.51. The molecule has 1 aromatic carbocycles. The molecule has 3 aromatic rings. The molecule has 2 heterocycles. The number of aryl methyl sites for hydroxylation is 1. The highest BCUT2D eigenvalue weighted by Crippen LogP contribution is 2.30. The van der Waals surface area contributed by atoms with Gasteiger partial charge in [0.25, 0.3) is 5.69 Å². The van der Waals surface area contributed by atoms with E-state index in [1.54, 1.807) is 18.5 Å². The van der Waals surface area contributed by atoms with Crippen molar-refractivity contribution in [3.05, 3.63) is 52.6 Å². The molecule has 7 heteroatoms. The van der Waals surface area contributed by atoms with Gasteiger partial charge in [-0.25, -0.2) is 9.97 Å². The first-order valence-corrected chi connectivity index (χ1v) is 7.37. The lowest BCUT2D eigenvalue weighted by Crippen LogP contribution is -2.00. The Morgan fingerprint density at radius 3 is 2.78 bits per heavy atom. The summed E-state index contributed by atoms with van der Waals surface area (Å²) in [5, 5.41) is 11.6. The molecule has 0 spiro atoms. The zero-order valence-corrected chi connectivity index (χ0v) is 12.9. The van der Waals surface area contributed by atoms with Gasteiger partial charge in [0, 0.05) is 29.8 Å². The molecule has 0 unspecified atom stereocenters. The summed E-state index contributed by atoms with van der Waals surface area (Å²) in [6, 6.07) is 6.34. The highest BCUT2D eigenvalue weighted by Gasteiger charge is 2.13. The zero-order chi connectivity index (χ0) is 16.4.